The molecule has 2 fully saturated rings. The lowest BCUT2D eigenvalue weighted by Gasteiger charge is -2.38. The highest BCUT2D eigenvalue weighted by atomic mass is 16.6. The third-order valence-electron chi connectivity index (χ3n) is 3.73. The summed E-state index contributed by atoms with van der Waals surface area (Å²) >= 11 is 0. The van der Waals surface area contributed by atoms with E-state index >= 15 is 0 Å². The van der Waals surface area contributed by atoms with Crippen LogP contribution in [0.15, 0.2) is 0 Å². The lowest BCUT2D eigenvalue weighted by atomic mass is 9.86. The molecular weight excluding hydrogens is 204 g/mol. The Hall–Kier alpha value is -0.410. The van der Waals surface area contributed by atoms with E-state index in [0.717, 1.165) is 18.8 Å². The van der Waals surface area contributed by atoms with Gasteiger partial charge in [0.1, 0.15) is 6.10 Å². The highest BCUT2D eigenvalue weighted by Crippen LogP contribution is 2.31. The van der Waals surface area contributed by atoms with Crippen molar-refractivity contribution in [3.8, 4) is 0 Å². The van der Waals surface area contributed by atoms with Crippen LogP contribution in [0.5, 0.6) is 0 Å². The van der Waals surface area contributed by atoms with E-state index in [-0.39, 0.29) is 18.0 Å². The molecule has 2 aliphatic carbocycles. The summed E-state index contributed by atoms with van der Waals surface area (Å²) in [7, 11) is 0. The van der Waals surface area contributed by atoms with Gasteiger partial charge in [-0.3, -0.25) is 4.79 Å². The van der Waals surface area contributed by atoms with E-state index in [2.05, 4.69) is 6.92 Å². The molecule has 2 saturated carbocycles. The van der Waals surface area contributed by atoms with Gasteiger partial charge >= 0.3 is 0 Å². The van der Waals surface area contributed by atoms with Crippen LogP contribution >= 0.6 is 0 Å². The fourth-order valence-electron chi connectivity index (χ4n) is 2.58. The number of rotatable bonds is 4. The monoisotopic (exact) mass is 226 g/mol. The Bertz CT molecular complexity index is 244. The molecule has 0 aliphatic heterocycles. The Kier molecular flexibility index (Phi) is 3.98. The molecule has 2 atom stereocenters. The summed E-state index contributed by atoms with van der Waals surface area (Å²) in [6.45, 7) is 4.81. The quantitative estimate of drug-likeness (QED) is 0.738. The smallest absolute Gasteiger partial charge is 0.166 e. The lowest BCUT2D eigenvalue weighted by molar-refractivity contribution is -0.175. The highest BCUT2D eigenvalue weighted by Gasteiger charge is 2.42. The predicted molar refractivity (Wildman–Crippen MR) is 61.3 cm³/mol. The van der Waals surface area contributed by atoms with Gasteiger partial charge in [0.2, 0.25) is 0 Å². The van der Waals surface area contributed by atoms with E-state index < -0.39 is 0 Å². The van der Waals surface area contributed by atoms with Crippen molar-refractivity contribution in [1.82, 2.24) is 0 Å². The summed E-state index contributed by atoms with van der Waals surface area (Å²) in [5, 5.41) is 0. The van der Waals surface area contributed by atoms with Gasteiger partial charge in [-0.2, -0.15) is 0 Å². The number of hydrogen-bond acceptors (Lipinski definition) is 3. The topological polar surface area (TPSA) is 35.5 Å². The zero-order chi connectivity index (χ0) is 11.5. The number of carbonyl (C=O) groups is 1. The summed E-state index contributed by atoms with van der Waals surface area (Å²) < 4.78 is 11.4. The first kappa shape index (κ1) is 12.1. The molecule has 0 spiro atoms. The van der Waals surface area contributed by atoms with Crippen LogP contribution in [0.25, 0.3) is 0 Å². The van der Waals surface area contributed by atoms with Crippen molar-refractivity contribution in [2.45, 2.75) is 64.3 Å². The van der Waals surface area contributed by atoms with E-state index in [9.17, 15) is 4.79 Å². The van der Waals surface area contributed by atoms with Crippen molar-refractivity contribution < 1.29 is 14.3 Å². The molecule has 0 heterocycles. The third kappa shape index (κ3) is 2.64. The SMILES string of the molecule is CCOC1C(=O)CC1OC1CCC(C)CC1. The number of hydrogen-bond donors (Lipinski definition) is 0. The minimum absolute atomic E-state index is 0.0332. The minimum Gasteiger partial charge on any atom is -0.371 e. The molecule has 0 amide bonds. The number of Topliss-reactive ketones (excluding diaryl/α,β-unsaturated/α-hetero) is 1. The van der Waals surface area contributed by atoms with Gasteiger partial charge in [0.25, 0.3) is 0 Å². The first-order valence-corrected chi connectivity index (χ1v) is 6.50. The molecule has 0 aromatic heterocycles. The van der Waals surface area contributed by atoms with Gasteiger partial charge in [-0.1, -0.05) is 6.92 Å². The Labute approximate surface area is 97.5 Å². The van der Waals surface area contributed by atoms with Crippen LogP contribution in [-0.2, 0) is 14.3 Å². The molecule has 3 nitrogen and oxygen atoms in total. The zero-order valence-electron chi connectivity index (χ0n) is 10.3. The second-order valence-corrected chi connectivity index (χ2v) is 5.10. The zero-order valence-corrected chi connectivity index (χ0v) is 10.3. The van der Waals surface area contributed by atoms with Gasteiger partial charge in [-0.15, -0.1) is 0 Å². The molecule has 92 valence electrons. The van der Waals surface area contributed by atoms with Gasteiger partial charge in [0.15, 0.2) is 5.78 Å². The normalized spacial score (nSPS) is 39.5. The van der Waals surface area contributed by atoms with Crippen LogP contribution in [-0.4, -0.2) is 30.7 Å². The Morgan fingerprint density at radius 1 is 1.25 bits per heavy atom. The minimum atomic E-state index is -0.274. The Morgan fingerprint density at radius 3 is 2.50 bits per heavy atom. The van der Waals surface area contributed by atoms with Crippen LogP contribution in [0.4, 0.5) is 0 Å². The van der Waals surface area contributed by atoms with E-state index in [4.69, 9.17) is 9.47 Å². The Morgan fingerprint density at radius 2 is 1.94 bits per heavy atom. The van der Waals surface area contributed by atoms with E-state index in [1.54, 1.807) is 0 Å². The van der Waals surface area contributed by atoms with Crippen molar-refractivity contribution in [3.63, 3.8) is 0 Å². The summed E-state index contributed by atoms with van der Waals surface area (Å²) in [5.74, 6) is 1.04. The predicted octanol–water partition coefficient (Wildman–Crippen LogP) is 2.33. The van der Waals surface area contributed by atoms with Crippen LogP contribution in [0.1, 0.15) is 46.0 Å². The summed E-state index contributed by atoms with van der Waals surface area (Å²) in [5.41, 5.74) is 0. The van der Waals surface area contributed by atoms with Crippen molar-refractivity contribution in [2.75, 3.05) is 6.61 Å². The fourth-order valence-corrected chi connectivity index (χ4v) is 2.58. The molecule has 0 aromatic carbocycles. The summed E-state index contributed by atoms with van der Waals surface area (Å²) in [6, 6.07) is 0. The molecule has 0 aromatic rings. The van der Waals surface area contributed by atoms with Gasteiger partial charge in [-0.05, 0) is 38.5 Å². The second kappa shape index (κ2) is 5.28. The van der Waals surface area contributed by atoms with Crippen molar-refractivity contribution in [1.29, 1.82) is 0 Å². The molecule has 2 unspecified atom stereocenters. The van der Waals surface area contributed by atoms with Gasteiger partial charge in [-0.25, -0.2) is 0 Å². The van der Waals surface area contributed by atoms with Gasteiger partial charge in [0, 0.05) is 13.0 Å². The first-order chi connectivity index (χ1) is 7.70. The maximum atomic E-state index is 11.3. The molecule has 16 heavy (non-hydrogen) atoms. The van der Waals surface area contributed by atoms with Crippen LogP contribution in [0.2, 0.25) is 0 Å². The molecule has 0 radical (unpaired) electrons. The van der Waals surface area contributed by atoms with Crippen molar-refractivity contribution in [3.05, 3.63) is 0 Å². The Balaban J connectivity index is 1.75. The number of carbonyl (C=O) groups excluding carboxylic acids is 1. The molecule has 2 rings (SSSR count). The van der Waals surface area contributed by atoms with E-state index in [1.807, 2.05) is 6.92 Å². The number of ether oxygens (including phenoxy) is 2. The summed E-state index contributed by atoms with van der Waals surface area (Å²) in [6.07, 6.45) is 5.47. The lowest BCUT2D eigenvalue weighted by Crippen LogP contribution is -2.52. The fraction of sp³-hybridized carbons (Fsp3) is 0.923. The maximum Gasteiger partial charge on any atom is 0.166 e. The van der Waals surface area contributed by atoms with Crippen molar-refractivity contribution >= 4 is 5.78 Å². The van der Waals surface area contributed by atoms with Crippen LogP contribution in [0, 0.1) is 5.92 Å². The van der Waals surface area contributed by atoms with Crippen LogP contribution in [0.3, 0.4) is 0 Å². The third-order valence-corrected chi connectivity index (χ3v) is 3.73. The highest BCUT2D eigenvalue weighted by molar-refractivity contribution is 5.90. The average molecular weight is 226 g/mol. The molecular formula is C13H22O3. The van der Waals surface area contributed by atoms with E-state index in [1.165, 1.54) is 12.8 Å². The van der Waals surface area contributed by atoms with Crippen molar-refractivity contribution in [2.24, 2.45) is 5.92 Å². The van der Waals surface area contributed by atoms with Crippen LogP contribution < -0.4 is 0 Å². The standard InChI is InChI=1S/C13H22O3/c1-3-15-13-11(14)8-12(13)16-10-6-4-9(2)5-7-10/h9-10,12-13H,3-8H2,1-2H3. The van der Waals surface area contributed by atoms with E-state index in [0.29, 0.717) is 19.1 Å². The first-order valence-electron chi connectivity index (χ1n) is 6.50. The molecule has 0 N–H and O–H groups in total. The van der Waals surface area contributed by atoms with Gasteiger partial charge in [0.05, 0.1) is 12.2 Å². The van der Waals surface area contributed by atoms with Gasteiger partial charge < -0.3 is 9.47 Å². The second-order valence-electron chi connectivity index (χ2n) is 5.10. The summed E-state index contributed by atoms with van der Waals surface area (Å²) in [4.78, 5) is 11.3. The average Bonchev–Trinajstić information content (AvgIpc) is 2.28. The maximum absolute atomic E-state index is 11.3. The molecule has 3 heteroatoms. The number of ketones is 1. The largest absolute Gasteiger partial charge is 0.371 e. The molecule has 0 saturated heterocycles. The molecule has 0 bridgehead atoms. The molecule has 2 aliphatic rings.